The van der Waals surface area contributed by atoms with Gasteiger partial charge in [-0.25, -0.2) is 4.98 Å². The van der Waals surface area contributed by atoms with E-state index in [-0.39, 0.29) is 0 Å². The Kier molecular flexibility index (Phi) is 5.73. The zero-order chi connectivity index (χ0) is 11.1. The van der Waals surface area contributed by atoms with Gasteiger partial charge in [0.2, 0.25) is 0 Å². The summed E-state index contributed by atoms with van der Waals surface area (Å²) < 4.78 is 0. The lowest BCUT2D eigenvalue weighted by atomic mass is 10.2. The molecule has 0 saturated carbocycles. The van der Waals surface area contributed by atoms with Gasteiger partial charge in [0.25, 0.3) is 0 Å². The molecule has 0 aromatic carbocycles. The molecular weight excluding hydrogens is 204 g/mol. The van der Waals surface area contributed by atoms with Crippen LogP contribution in [-0.2, 0) is 6.54 Å². The molecule has 0 aliphatic rings. The van der Waals surface area contributed by atoms with E-state index in [1.165, 1.54) is 17.0 Å². The average Bonchev–Trinajstić information content (AvgIpc) is 2.20. The molecule has 1 rings (SSSR count). The fourth-order valence-corrected chi connectivity index (χ4v) is 2.51. The molecular formula is C12H20N2S. The van der Waals surface area contributed by atoms with Crippen molar-refractivity contribution in [1.29, 1.82) is 0 Å². The van der Waals surface area contributed by atoms with Crippen molar-refractivity contribution in [2.24, 2.45) is 5.92 Å². The zero-order valence-corrected chi connectivity index (χ0v) is 10.6. The highest BCUT2D eigenvalue weighted by Gasteiger charge is 2.03. The second kappa shape index (κ2) is 6.85. The third kappa shape index (κ3) is 4.67. The normalized spacial score (nSPS) is 10.9. The summed E-state index contributed by atoms with van der Waals surface area (Å²) in [4.78, 5) is 4.42. The summed E-state index contributed by atoms with van der Waals surface area (Å²) in [5.41, 5.74) is 1.30. The average molecular weight is 224 g/mol. The van der Waals surface area contributed by atoms with Crippen molar-refractivity contribution >= 4 is 11.8 Å². The number of pyridine rings is 1. The predicted molar refractivity (Wildman–Crippen MR) is 67.2 cm³/mol. The molecule has 1 N–H and O–H groups in total. The molecule has 2 nitrogen and oxygen atoms in total. The van der Waals surface area contributed by atoms with Crippen LogP contribution in [0, 0.1) is 5.92 Å². The Balaban J connectivity index is 2.51. The van der Waals surface area contributed by atoms with Crippen molar-refractivity contribution in [3.05, 3.63) is 23.9 Å². The molecule has 0 aliphatic carbocycles. The van der Waals surface area contributed by atoms with E-state index in [2.05, 4.69) is 30.2 Å². The van der Waals surface area contributed by atoms with Gasteiger partial charge in [-0.3, -0.25) is 0 Å². The lowest BCUT2D eigenvalue weighted by Gasteiger charge is -2.08. The first-order chi connectivity index (χ1) is 7.24. The van der Waals surface area contributed by atoms with Crippen LogP contribution in [0.2, 0.25) is 0 Å². The molecule has 1 heterocycles. The smallest absolute Gasteiger partial charge is 0.100 e. The molecule has 0 spiro atoms. The summed E-state index contributed by atoms with van der Waals surface area (Å²) in [5, 5.41) is 4.34. The second-order valence-corrected chi connectivity index (χ2v) is 5.11. The topological polar surface area (TPSA) is 24.9 Å². The Bertz CT molecular complexity index is 287. The summed E-state index contributed by atoms with van der Waals surface area (Å²) in [6.45, 7) is 5.42. The van der Waals surface area contributed by atoms with Crippen LogP contribution in [0.25, 0.3) is 0 Å². The summed E-state index contributed by atoms with van der Waals surface area (Å²) in [6, 6.07) is 4.14. The van der Waals surface area contributed by atoms with Crippen molar-refractivity contribution < 1.29 is 0 Å². The molecule has 0 atom stereocenters. The lowest BCUT2D eigenvalue weighted by molar-refractivity contribution is 0.631. The van der Waals surface area contributed by atoms with Gasteiger partial charge in [-0.2, -0.15) is 0 Å². The van der Waals surface area contributed by atoms with Gasteiger partial charge >= 0.3 is 0 Å². The molecule has 0 unspecified atom stereocenters. The summed E-state index contributed by atoms with van der Waals surface area (Å²) in [6.07, 6.45) is 3.12. The van der Waals surface area contributed by atoms with Gasteiger partial charge in [0.1, 0.15) is 5.03 Å². The second-order valence-electron chi connectivity index (χ2n) is 4.03. The highest BCUT2D eigenvalue weighted by atomic mass is 32.2. The number of aromatic nitrogens is 1. The van der Waals surface area contributed by atoms with E-state index in [0.29, 0.717) is 0 Å². The molecule has 3 heteroatoms. The van der Waals surface area contributed by atoms with Gasteiger partial charge < -0.3 is 5.32 Å². The van der Waals surface area contributed by atoms with Crippen molar-refractivity contribution in [3.63, 3.8) is 0 Å². The van der Waals surface area contributed by atoms with Crippen LogP contribution in [0.5, 0.6) is 0 Å². The van der Waals surface area contributed by atoms with E-state index in [1.807, 2.05) is 31.1 Å². The molecule has 15 heavy (non-hydrogen) atoms. The first kappa shape index (κ1) is 12.5. The lowest BCUT2D eigenvalue weighted by Crippen LogP contribution is -2.07. The number of nitrogens with one attached hydrogen (secondary N) is 1. The monoisotopic (exact) mass is 224 g/mol. The highest BCUT2D eigenvalue weighted by molar-refractivity contribution is 7.99. The first-order valence-electron chi connectivity index (χ1n) is 5.45. The van der Waals surface area contributed by atoms with Crippen molar-refractivity contribution in [3.8, 4) is 0 Å². The molecule has 0 fully saturated rings. The molecule has 0 saturated heterocycles. The molecule has 1 aromatic heterocycles. The van der Waals surface area contributed by atoms with Crippen molar-refractivity contribution in [2.75, 3.05) is 12.8 Å². The Hall–Kier alpha value is -0.540. The van der Waals surface area contributed by atoms with E-state index in [4.69, 9.17) is 0 Å². The van der Waals surface area contributed by atoms with E-state index in [0.717, 1.165) is 18.2 Å². The van der Waals surface area contributed by atoms with E-state index >= 15 is 0 Å². The van der Waals surface area contributed by atoms with Gasteiger partial charge in [-0.05, 0) is 36.8 Å². The molecule has 0 bridgehead atoms. The van der Waals surface area contributed by atoms with Crippen LogP contribution in [0.4, 0.5) is 0 Å². The molecule has 0 aliphatic heterocycles. The maximum absolute atomic E-state index is 4.42. The summed E-state index contributed by atoms with van der Waals surface area (Å²) in [5.74, 6) is 1.93. The van der Waals surface area contributed by atoms with Gasteiger partial charge in [0.15, 0.2) is 0 Å². The number of hydrogen-bond donors (Lipinski definition) is 1. The first-order valence-corrected chi connectivity index (χ1v) is 6.44. The Morgan fingerprint density at radius 3 is 2.93 bits per heavy atom. The highest BCUT2D eigenvalue weighted by Crippen LogP contribution is 2.21. The predicted octanol–water partition coefficient (Wildman–Crippen LogP) is 2.94. The quantitative estimate of drug-likeness (QED) is 0.752. The van der Waals surface area contributed by atoms with Crippen molar-refractivity contribution in [1.82, 2.24) is 10.3 Å². The minimum atomic E-state index is 0.772. The number of nitrogens with zero attached hydrogens (tertiary/aromatic N) is 1. The molecule has 84 valence electrons. The largest absolute Gasteiger partial charge is 0.316 e. The van der Waals surface area contributed by atoms with Gasteiger partial charge in [0, 0.05) is 12.7 Å². The number of thioether (sulfide) groups is 1. The Morgan fingerprint density at radius 1 is 1.47 bits per heavy atom. The molecule has 1 aromatic rings. The Labute approximate surface area is 96.9 Å². The van der Waals surface area contributed by atoms with E-state index in [9.17, 15) is 0 Å². The van der Waals surface area contributed by atoms with Gasteiger partial charge in [-0.15, -0.1) is 11.8 Å². The van der Waals surface area contributed by atoms with Crippen LogP contribution in [0.3, 0.4) is 0 Å². The zero-order valence-electron chi connectivity index (χ0n) is 9.79. The minimum Gasteiger partial charge on any atom is -0.316 e. The van der Waals surface area contributed by atoms with Crippen LogP contribution in [0.1, 0.15) is 25.8 Å². The van der Waals surface area contributed by atoms with Crippen LogP contribution in [0.15, 0.2) is 23.4 Å². The maximum atomic E-state index is 4.42. The van der Waals surface area contributed by atoms with E-state index < -0.39 is 0 Å². The fraction of sp³-hybridized carbons (Fsp3) is 0.583. The third-order valence-electron chi connectivity index (χ3n) is 2.15. The van der Waals surface area contributed by atoms with Crippen LogP contribution >= 0.6 is 11.8 Å². The van der Waals surface area contributed by atoms with Gasteiger partial charge in [-0.1, -0.05) is 19.9 Å². The summed E-state index contributed by atoms with van der Waals surface area (Å²) >= 11 is 1.86. The fourth-order valence-electron chi connectivity index (χ4n) is 1.27. The van der Waals surface area contributed by atoms with E-state index in [1.54, 1.807) is 0 Å². The van der Waals surface area contributed by atoms with Crippen LogP contribution < -0.4 is 5.32 Å². The van der Waals surface area contributed by atoms with Crippen molar-refractivity contribution in [2.45, 2.75) is 31.8 Å². The summed E-state index contributed by atoms with van der Waals surface area (Å²) in [7, 11) is 1.97. The van der Waals surface area contributed by atoms with Crippen LogP contribution in [-0.4, -0.2) is 17.8 Å². The SMILES string of the molecule is CNCc1cccnc1SCCC(C)C. The molecule has 0 amide bonds. The Morgan fingerprint density at radius 2 is 2.27 bits per heavy atom. The van der Waals surface area contributed by atoms with Gasteiger partial charge in [0.05, 0.1) is 0 Å². The number of hydrogen-bond acceptors (Lipinski definition) is 3. The molecule has 0 radical (unpaired) electrons. The number of rotatable bonds is 6. The maximum Gasteiger partial charge on any atom is 0.100 e. The minimum absolute atomic E-state index is 0.772. The third-order valence-corrected chi connectivity index (χ3v) is 3.23. The standard InChI is InChI=1S/C12H20N2S/c1-10(2)6-8-15-12-11(9-13-3)5-4-7-14-12/h4-5,7,10,13H,6,8-9H2,1-3H3.